The van der Waals surface area contributed by atoms with Crippen LogP contribution >= 0.6 is 11.3 Å². The maximum Gasteiger partial charge on any atom is 0.132 e. The number of rotatable bonds is 5. The summed E-state index contributed by atoms with van der Waals surface area (Å²) in [4.78, 5) is 16.2. The van der Waals surface area contributed by atoms with E-state index in [0.717, 1.165) is 42.7 Å². The monoisotopic (exact) mass is 345 g/mol. The quantitative estimate of drug-likeness (QED) is 0.899. The highest BCUT2D eigenvalue weighted by atomic mass is 32.1. The summed E-state index contributed by atoms with van der Waals surface area (Å²) in [6.45, 7) is 9.27. The molecule has 1 aliphatic heterocycles. The van der Waals surface area contributed by atoms with E-state index in [0.29, 0.717) is 11.8 Å². The lowest BCUT2D eigenvalue weighted by molar-refractivity contribution is 0.453. The van der Waals surface area contributed by atoms with Gasteiger partial charge < -0.3 is 10.2 Å². The molecule has 1 atom stereocenters. The number of nitrogens with zero attached hydrogens (tertiary/aromatic N) is 4. The molecule has 1 fully saturated rings. The molecular formula is C18H27N5S. The van der Waals surface area contributed by atoms with E-state index in [-0.39, 0.29) is 0 Å². The van der Waals surface area contributed by atoms with Gasteiger partial charge in [0.1, 0.15) is 11.6 Å². The molecule has 1 N–H and O–H groups in total. The number of hydrogen-bond donors (Lipinski definition) is 1. The molecular weight excluding hydrogens is 318 g/mol. The first kappa shape index (κ1) is 17.3. The Labute approximate surface area is 148 Å². The molecule has 130 valence electrons. The van der Waals surface area contributed by atoms with Gasteiger partial charge in [-0.05, 0) is 26.3 Å². The maximum absolute atomic E-state index is 4.73. The maximum atomic E-state index is 4.73. The predicted octanol–water partition coefficient (Wildman–Crippen LogP) is 3.47. The molecule has 24 heavy (non-hydrogen) atoms. The summed E-state index contributed by atoms with van der Waals surface area (Å²) in [7, 11) is 2.08. The van der Waals surface area contributed by atoms with E-state index in [4.69, 9.17) is 4.98 Å². The molecule has 0 aromatic carbocycles. The minimum Gasteiger partial charge on any atom is -0.354 e. The largest absolute Gasteiger partial charge is 0.354 e. The van der Waals surface area contributed by atoms with Gasteiger partial charge in [0.05, 0.1) is 22.9 Å². The van der Waals surface area contributed by atoms with Crippen LogP contribution in [0.2, 0.25) is 0 Å². The van der Waals surface area contributed by atoms with Gasteiger partial charge in [-0.3, -0.25) is 0 Å². The summed E-state index contributed by atoms with van der Waals surface area (Å²) >= 11 is 1.75. The standard InChI is InChI=1S/C18H27N5S/c1-12(2)18-22-15(11-24-18)10-23(4)17-8-16(20-13(3)21-17)14-6-5-7-19-9-14/h8,11-12,14,19H,5-7,9-10H2,1-4H3/t14-/m0/s1. The van der Waals surface area contributed by atoms with Crippen molar-refractivity contribution in [2.75, 3.05) is 25.0 Å². The Kier molecular flexibility index (Phi) is 5.46. The van der Waals surface area contributed by atoms with Crippen molar-refractivity contribution >= 4 is 17.2 Å². The Morgan fingerprint density at radius 2 is 2.17 bits per heavy atom. The molecule has 0 amide bonds. The van der Waals surface area contributed by atoms with Crippen molar-refractivity contribution in [1.29, 1.82) is 0 Å². The van der Waals surface area contributed by atoms with Gasteiger partial charge in [-0.25, -0.2) is 15.0 Å². The molecule has 0 aliphatic carbocycles. The summed E-state index contributed by atoms with van der Waals surface area (Å²) in [5.41, 5.74) is 2.28. The van der Waals surface area contributed by atoms with Gasteiger partial charge >= 0.3 is 0 Å². The van der Waals surface area contributed by atoms with Crippen LogP contribution in [-0.2, 0) is 6.54 Å². The fourth-order valence-electron chi connectivity index (χ4n) is 3.07. The third kappa shape index (κ3) is 4.11. The fraction of sp³-hybridized carbons (Fsp3) is 0.611. The van der Waals surface area contributed by atoms with Crippen LogP contribution in [0.1, 0.15) is 60.7 Å². The van der Waals surface area contributed by atoms with Gasteiger partial charge in [-0.2, -0.15) is 0 Å². The second-order valence-corrected chi connectivity index (χ2v) is 7.82. The Hall–Kier alpha value is -1.53. The van der Waals surface area contributed by atoms with E-state index in [1.54, 1.807) is 11.3 Å². The van der Waals surface area contributed by atoms with Crippen LogP contribution < -0.4 is 10.2 Å². The highest BCUT2D eigenvalue weighted by Crippen LogP contribution is 2.25. The van der Waals surface area contributed by atoms with Crippen LogP contribution in [-0.4, -0.2) is 35.1 Å². The van der Waals surface area contributed by atoms with Gasteiger partial charge in [0.2, 0.25) is 0 Å². The Morgan fingerprint density at radius 1 is 1.33 bits per heavy atom. The van der Waals surface area contributed by atoms with Gasteiger partial charge in [0.15, 0.2) is 0 Å². The number of thiazole rings is 1. The van der Waals surface area contributed by atoms with Crippen LogP contribution in [0.5, 0.6) is 0 Å². The SMILES string of the molecule is Cc1nc([C@H]2CCCNC2)cc(N(C)Cc2csc(C(C)C)n2)n1. The average Bonchev–Trinajstić information content (AvgIpc) is 3.04. The lowest BCUT2D eigenvalue weighted by Crippen LogP contribution is -2.29. The van der Waals surface area contributed by atoms with E-state index in [9.17, 15) is 0 Å². The molecule has 1 saturated heterocycles. The molecule has 0 bridgehead atoms. The molecule has 6 heteroatoms. The molecule has 2 aromatic rings. The zero-order chi connectivity index (χ0) is 17.1. The molecule has 5 nitrogen and oxygen atoms in total. The van der Waals surface area contributed by atoms with Crippen molar-refractivity contribution in [2.24, 2.45) is 0 Å². The average molecular weight is 346 g/mol. The van der Waals surface area contributed by atoms with Crippen molar-refractivity contribution in [1.82, 2.24) is 20.3 Å². The van der Waals surface area contributed by atoms with E-state index >= 15 is 0 Å². The number of aryl methyl sites for hydroxylation is 1. The van der Waals surface area contributed by atoms with Crippen molar-refractivity contribution in [2.45, 2.75) is 52.0 Å². The second kappa shape index (κ2) is 7.57. The molecule has 0 unspecified atom stereocenters. The van der Waals surface area contributed by atoms with Crippen molar-refractivity contribution in [3.8, 4) is 0 Å². The molecule has 0 spiro atoms. The van der Waals surface area contributed by atoms with Gasteiger partial charge in [0.25, 0.3) is 0 Å². The molecule has 0 saturated carbocycles. The predicted molar refractivity (Wildman–Crippen MR) is 99.9 cm³/mol. The Morgan fingerprint density at radius 3 is 2.83 bits per heavy atom. The van der Waals surface area contributed by atoms with Crippen LogP contribution in [0.4, 0.5) is 5.82 Å². The van der Waals surface area contributed by atoms with Crippen LogP contribution in [0, 0.1) is 6.92 Å². The lowest BCUT2D eigenvalue weighted by atomic mass is 9.96. The topological polar surface area (TPSA) is 53.9 Å². The number of hydrogen-bond acceptors (Lipinski definition) is 6. The van der Waals surface area contributed by atoms with Gasteiger partial charge in [-0.1, -0.05) is 13.8 Å². The summed E-state index contributed by atoms with van der Waals surface area (Å²) in [5, 5.41) is 6.83. The zero-order valence-electron chi connectivity index (χ0n) is 15.0. The minimum absolute atomic E-state index is 0.487. The first-order valence-electron chi connectivity index (χ1n) is 8.74. The normalized spacial score (nSPS) is 18.1. The molecule has 3 heterocycles. The number of anilines is 1. The number of aromatic nitrogens is 3. The highest BCUT2D eigenvalue weighted by Gasteiger charge is 2.19. The molecule has 2 aromatic heterocycles. The first-order valence-corrected chi connectivity index (χ1v) is 9.62. The molecule has 1 aliphatic rings. The van der Waals surface area contributed by atoms with Crippen molar-refractivity contribution < 1.29 is 0 Å². The Bertz CT molecular complexity index is 676. The number of nitrogens with one attached hydrogen (secondary N) is 1. The third-order valence-electron chi connectivity index (χ3n) is 4.41. The van der Waals surface area contributed by atoms with E-state index < -0.39 is 0 Å². The molecule has 0 radical (unpaired) electrons. The van der Waals surface area contributed by atoms with Gasteiger partial charge in [-0.15, -0.1) is 11.3 Å². The zero-order valence-corrected chi connectivity index (χ0v) is 15.9. The van der Waals surface area contributed by atoms with E-state index in [2.05, 4.69) is 52.5 Å². The van der Waals surface area contributed by atoms with E-state index in [1.807, 2.05) is 6.92 Å². The van der Waals surface area contributed by atoms with Gasteiger partial charge in [0, 0.05) is 36.9 Å². The third-order valence-corrected chi connectivity index (χ3v) is 5.61. The summed E-state index contributed by atoms with van der Waals surface area (Å²) in [6.07, 6.45) is 2.42. The smallest absolute Gasteiger partial charge is 0.132 e. The summed E-state index contributed by atoms with van der Waals surface area (Å²) in [6, 6.07) is 2.15. The fourth-order valence-corrected chi connectivity index (χ4v) is 3.89. The van der Waals surface area contributed by atoms with Crippen molar-refractivity contribution in [3.05, 3.63) is 33.7 Å². The molecule has 3 rings (SSSR count). The van der Waals surface area contributed by atoms with Crippen molar-refractivity contribution in [3.63, 3.8) is 0 Å². The first-order chi connectivity index (χ1) is 11.5. The number of piperidine rings is 1. The summed E-state index contributed by atoms with van der Waals surface area (Å²) < 4.78 is 0. The van der Waals surface area contributed by atoms with E-state index in [1.165, 1.54) is 17.8 Å². The second-order valence-electron chi connectivity index (χ2n) is 6.93. The van der Waals surface area contributed by atoms with Crippen LogP contribution in [0.25, 0.3) is 0 Å². The summed E-state index contributed by atoms with van der Waals surface area (Å²) in [5.74, 6) is 2.82. The van der Waals surface area contributed by atoms with Crippen LogP contribution in [0.3, 0.4) is 0 Å². The van der Waals surface area contributed by atoms with Crippen LogP contribution in [0.15, 0.2) is 11.4 Å². The Balaban J connectivity index is 1.75. The highest BCUT2D eigenvalue weighted by molar-refractivity contribution is 7.09. The lowest BCUT2D eigenvalue weighted by Gasteiger charge is -2.24. The minimum atomic E-state index is 0.487.